The minimum atomic E-state index is 0.219. The molecule has 0 spiro atoms. The van der Waals surface area contributed by atoms with E-state index in [0.29, 0.717) is 5.92 Å². The monoisotopic (exact) mass is 225 g/mol. The summed E-state index contributed by atoms with van der Waals surface area (Å²) in [5.74, 6) is 1.17. The van der Waals surface area contributed by atoms with Crippen LogP contribution in [-0.2, 0) is 0 Å². The summed E-state index contributed by atoms with van der Waals surface area (Å²) in [4.78, 5) is 0. The Morgan fingerprint density at radius 3 is 2.93 bits per heavy atom. The fourth-order valence-electron chi connectivity index (χ4n) is 2.51. The minimum Gasteiger partial charge on any atom is -0.193 e. The smallest absolute Gasteiger partial charge is 0.0946 e. The molecule has 1 atom stereocenters. The second kappa shape index (κ2) is 5.56. The molecule has 84 valence electrons. The Morgan fingerprint density at radius 2 is 2.33 bits per heavy atom. The van der Waals surface area contributed by atoms with Crippen LogP contribution < -0.4 is 0 Å². The molecule has 0 bridgehead atoms. The van der Waals surface area contributed by atoms with Gasteiger partial charge < -0.3 is 0 Å². The van der Waals surface area contributed by atoms with E-state index in [1.165, 1.54) is 6.42 Å². The number of nitrogens with zero attached hydrogens (tertiary/aromatic N) is 1. The summed E-state index contributed by atoms with van der Waals surface area (Å²) < 4.78 is 0. The van der Waals surface area contributed by atoms with Gasteiger partial charge in [-0.05, 0) is 43.4 Å². The van der Waals surface area contributed by atoms with E-state index < -0.39 is 0 Å². The largest absolute Gasteiger partial charge is 0.193 e. The van der Waals surface area contributed by atoms with E-state index in [1.54, 1.807) is 0 Å². The average Bonchev–Trinajstić information content (AvgIpc) is 2.26. The lowest BCUT2D eigenvalue weighted by atomic mass is 9.68. The molecule has 1 nitrogen and oxygen atoms in total. The molecule has 15 heavy (non-hydrogen) atoms. The van der Waals surface area contributed by atoms with Crippen molar-refractivity contribution in [1.29, 1.82) is 5.26 Å². The van der Waals surface area contributed by atoms with Crippen molar-refractivity contribution in [2.24, 2.45) is 11.3 Å². The van der Waals surface area contributed by atoms with Crippen molar-refractivity contribution in [1.82, 2.24) is 0 Å². The fourth-order valence-corrected chi connectivity index (χ4v) is 2.64. The van der Waals surface area contributed by atoms with Crippen molar-refractivity contribution in [3.63, 3.8) is 0 Å². The van der Waals surface area contributed by atoms with Crippen molar-refractivity contribution < 1.29 is 0 Å². The van der Waals surface area contributed by atoms with E-state index in [0.717, 1.165) is 37.1 Å². The Morgan fingerprint density at radius 1 is 1.60 bits per heavy atom. The van der Waals surface area contributed by atoms with Gasteiger partial charge in [0, 0.05) is 11.5 Å². The van der Waals surface area contributed by atoms with E-state index in [-0.39, 0.29) is 5.41 Å². The maximum absolute atomic E-state index is 9.11. The fraction of sp³-hybridized carbons (Fsp3) is 0.769. The first-order valence-corrected chi connectivity index (χ1v) is 6.31. The van der Waals surface area contributed by atoms with Gasteiger partial charge in [0.15, 0.2) is 0 Å². The molecule has 0 amide bonds. The summed E-state index contributed by atoms with van der Waals surface area (Å²) in [6, 6.07) is 2.36. The lowest BCUT2D eigenvalue weighted by molar-refractivity contribution is 0.209. The number of nitriles is 1. The number of hydrogen-bond donors (Lipinski definition) is 0. The lowest BCUT2D eigenvalue weighted by Gasteiger charge is -2.36. The third kappa shape index (κ3) is 3.24. The van der Waals surface area contributed by atoms with Gasteiger partial charge in [-0.2, -0.15) is 5.26 Å². The summed E-state index contributed by atoms with van der Waals surface area (Å²) in [5, 5.41) is 9.11. The van der Waals surface area contributed by atoms with Gasteiger partial charge in [0.25, 0.3) is 0 Å². The van der Waals surface area contributed by atoms with Crippen LogP contribution in [-0.4, -0.2) is 5.88 Å². The van der Waals surface area contributed by atoms with E-state index in [4.69, 9.17) is 16.9 Å². The Hall–Kier alpha value is -0.480. The SMILES string of the molecule is CC(C)(CCCCl)[C@@H]1CCCC=C1C#N. The van der Waals surface area contributed by atoms with Gasteiger partial charge in [-0.25, -0.2) is 0 Å². The van der Waals surface area contributed by atoms with Crippen LogP contribution in [0.5, 0.6) is 0 Å². The Balaban J connectivity index is 2.72. The molecule has 1 aliphatic carbocycles. The molecule has 0 aliphatic heterocycles. The van der Waals surface area contributed by atoms with Crippen LogP contribution in [0.1, 0.15) is 46.0 Å². The van der Waals surface area contributed by atoms with Crippen molar-refractivity contribution in [3.8, 4) is 6.07 Å². The highest BCUT2D eigenvalue weighted by Crippen LogP contribution is 2.42. The highest BCUT2D eigenvalue weighted by Gasteiger charge is 2.32. The van der Waals surface area contributed by atoms with Gasteiger partial charge in [-0.1, -0.05) is 19.9 Å². The van der Waals surface area contributed by atoms with Crippen LogP contribution in [0.3, 0.4) is 0 Å². The zero-order chi connectivity index (χ0) is 11.3. The van der Waals surface area contributed by atoms with Gasteiger partial charge in [0.2, 0.25) is 0 Å². The second-order valence-corrected chi connectivity index (χ2v) is 5.41. The highest BCUT2D eigenvalue weighted by atomic mass is 35.5. The number of halogens is 1. The number of allylic oxidation sites excluding steroid dienone is 2. The van der Waals surface area contributed by atoms with E-state index in [2.05, 4.69) is 26.0 Å². The molecule has 0 aromatic carbocycles. The van der Waals surface area contributed by atoms with E-state index in [1.807, 2.05) is 0 Å². The predicted octanol–water partition coefficient (Wildman–Crippen LogP) is 4.28. The third-order valence-electron chi connectivity index (χ3n) is 3.46. The molecular weight excluding hydrogens is 206 g/mol. The minimum absolute atomic E-state index is 0.219. The molecule has 0 unspecified atom stereocenters. The summed E-state index contributed by atoms with van der Waals surface area (Å²) in [6.07, 6.45) is 7.74. The summed E-state index contributed by atoms with van der Waals surface area (Å²) >= 11 is 5.74. The van der Waals surface area contributed by atoms with Crippen molar-refractivity contribution >= 4 is 11.6 Å². The maximum atomic E-state index is 9.11. The van der Waals surface area contributed by atoms with E-state index >= 15 is 0 Å². The van der Waals surface area contributed by atoms with Crippen LogP contribution in [0.4, 0.5) is 0 Å². The van der Waals surface area contributed by atoms with Crippen molar-refractivity contribution in [2.75, 3.05) is 5.88 Å². The first kappa shape index (κ1) is 12.6. The Kier molecular flexibility index (Phi) is 4.67. The van der Waals surface area contributed by atoms with Crippen LogP contribution in [0.2, 0.25) is 0 Å². The van der Waals surface area contributed by atoms with Crippen LogP contribution in [0.25, 0.3) is 0 Å². The molecule has 0 saturated heterocycles. The van der Waals surface area contributed by atoms with Crippen LogP contribution in [0.15, 0.2) is 11.6 Å². The second-order valence-electron chi connectivity index (χ2n) is 5.04. The van der Waals surface area contributed by atoms with Crippen LogP contribution in [0, 0.1) is 22.7 Å². The quantitative estimate of drug-likeness (QED) is 0.655. The summed E-state index contributed by atoms with van der Waals surface area (Å²) in [7, 11) is 0. The first-order valence-electron chi connectivity index (χ1n) is 5.78. The predicted molar refractivity (Wildman–Crippen MR) is 64.8 cm³/mol. The lowest BCUT2D eigenvalue weighted by Crippen LogP contribution is -2.27. The molecule has 0 radical (unpaired) electrons. The topological polar surface area (TPSA) is 23.8 Å². The van der Waals surface area contributed by atoms with Gasteiger partial charge in [0.05, 0.1) is 6.07 Å². The molecule has 2 heteroatoms. The highest BCUT2D eigenvalue weighted by molar-refractivity contribution is 6.17. The van der Waals surface area contributed by atoms with Gasteiger partial charge in [-0.3, -0.25) is 0 Å². The van der Waals surface area contributed by atoms with Crippen molar-refractivity contribution in [3.05, 3.63) is 11.6 Å². The van der Waals surface area contributed by atoms with Crippen LogP contribution >= 0.6 is 11.6 Å². The third-order valence-corrected chi connectivity index (χ3v) is 3.73. The van der Waals surface area contributed by atoms with Gasteiger partial charge >= 0.3 is 0 Å². The molecule has 0 aromatic heterocycles. The number of alkyl halides is 1. The zero-order valence-corrected chi connectivity index (χ0v) is 10.5. The molecule has 0 fully saturated rings. The molecular formula is C13H20ClN. The molecule has 0 heterocycles. The number of hydrogen-bond acceptors (Lipinski definition) is 1. The normalized spacial score (nSPS) is 22.0. The summed E-state index contributed by atoms with van der Waals surface area (Å²) in [5.41, 5.74) is 1.22. The molecule has 1 aliphatic rings. The Bertz CT molecular complexity index is 273. The zero-order valence-electron chi connectivity index (χ0n) is 9.72. The Labute approximate surface area is 98.1 Å². The van der Waals surface area contributed by atoms with Crippen molar-refractivity contribution in [2.45, 2.75) is 46.0 Å². The average molecular weight is 226 g/mol. The van der Waals surface area contributed by atoms with Gasteiger partial charge in [-0.15, -0.1) is 11.6 Å². The first-order chi connectivity index (χ1) is 7.11. The molecule has 1 rings (SSSR count). The van der Waals surface area contributed by atoms with E-state index in [9.17, 15) is 0 Å². The molecule has 0 aromatic rings. The summed E-state index contributed by atoms with van der Waals surface area (Å²) in [6.45, 7) is 4.53. The molecule has 0 N–H and O–H groups in total. The maximum Gasteiger partial charge on any atom is 0.0946 e. The number of rotatable bonds is 4. The molecule has 0 saturated carbocycles. The van der Waals surface area contributed by atoms with Gasteiger partial charge in [0.1, 0.15) is 0 Å². The standard InChI is InChI=1S/C13H20ClN/c1-13(2,8-5-9-14)12-7-4-3-6-11(12)10-15/h6,12H,3-5,7-9H2,1-2H3/t12-/m1/s1.